The summed E-state index contributed by atoms with van der Waals surface area (Å²) in [4.78, 5) is 29.2. The van der Waals surface area contributed by atoms with Gasteiger partial charge in [0.1, 0.15) is 5.82 Å². The average Bonchev–Trinajstić information content (AvgIpc) is 2.60. The topological polar surface area (TPSA) is 88.8 Å². The van der Waals surface area contributed by atoms with Crippen LogP contribution in [0.25, 0.3) is 0 Å². The van der Waals surface area contributed by atoms with Crippen molar-refractivity contribution in [3.8, 4) is 0 Å². The fourth-order valence-electron chi connectivity index (χ4n) is 2.64. The molecule has 0 N–H and O–H groups in total. The van der Waals surface area contributed by atoms with Crippen LogP contribution in [0.15, 0.2) is 24.0 Å². The number of piperazine rings is 1. The third-order valence-electron chi connectivity index (χ3n) is 4.53. The minimum absolute atomic E-state index is 0.114. The molecule has 1 aliphatic heterocycles. The Morgan fingerprint density at radius 3 is 2.37 bits per heavy atom. The lowest BCUT2D eigenvalue weighted by Gasteiger charge is -2.33. The van der Waals surface area contributed by atoms with E-state index >= 15 is 0 Å². The molecule has 0 aromatic carbocycles. The van der Waals surface area contributed by atoms with Crippen molar-refractivity contribution in [2.75, 3.05) is 38.1 Å². The number of anilines is 1. The SMILES string of the molecule is CC(C)OC=C1CCC1.CN1CCN(c2ccc([N+](=O)[O-])c(C=O)n2)CC1. The van der Waals surface area contributed by atoms with Gasteiger partial charge in [-0.15, -0.1) is 0 Å². The first kappa shape index (κ1) is 20.8. The molecule has 1 saturated carbocycles. The standard InChI is InChI=1S/C11H14N4O3.C8H14O/c1-13-4-6-14(7-5-13)11-3-2-10(15(17)18)9(8-16)12-11;1-7(2)9-6-8-4-3-5-8/h2-3,8H,4-7H2,1H3;6-7H,3-5H2,1-2H3. The van der Waals surface area contributed by atoms with E-state index in [1.54, 1.807) is 6.07 Å². The number of carbonyl (C=O) groups excluding carboxylic acids is 1. The first-order valence-corrected chi connectivity index (χ1v) is 9.28. The second-order valence-corrected chi connectivity index (χ2v) is 7.05. The van der Waals surface area contributed by atoms with Gasteiger partial charge in [0, 0.05) is 32.2 Å². The monoisotopic (exact) mass is 376 g/mol. The second-order valence-electron chi connectivity index (χ2n) is 7.05. The van der Waals surface area contributed by atoms with E-state index < -0.39 is 4.92 Å². The number of nitrogens with zero attached hydrogens (tertiary/aromatic N) is 4. The molecule has 0 amide bonds. The van der Waals surface area contributed by atoms with E-state index in [1.807, 2.05) is 18.2 Å². The van der Waals surface area contributed by atoms with Crippen molar-refractivity contribution in [3.05, 3.63) is 39.8 Å². The van der Waals surface area contributed by atoms with E-state index in [9.17, 15) is 14.9 Å². The van der Waals surface area contributed by atoms with Gasteiger partial charge in [-0.05, 0) is 51.8 Å². The van der Waals surface area contributed by atoms with Gasteiger partial charge in [0.05, 0.1) is 17.3 Å². The lowest BCUT2D eigenvalue weighted by Crippen LogP contribution is -2.44. The molecular weight excluding hydrogens is 348 g/mol. The van der Waals surface area contributed by atoms with Gasteiger partial charge >= 0.3 is 0 Å². The van der Waals surface area contributed by atoms with Crippen LogP contribution in [0.2, 0.25) is 0 Å². The molecule has 1 aliphatic carbocycles. The van der Waals surface area contributed by atoms with Crippen LogP contribution >= 0.6 is 0 Å². The molecule has 2 aliphatic rings. The molecule has 1 saturated heterocycles. The Hall–Kier alpha value is -2.48. The zero-order valence-electron chi connectivity index (χ0n) is 16.3. The molecule has 2 fully saturated rings. The number of carbonyl (C=O) groups is 1. The van der Waals surface area contributed by atoms with Crippen LogP contribution in [0.3, 0.4) is 0 Å². The maximum absolute atomic E-state index is 10.8. The number of rotatable bonds is 5. The smallest absolute Gasteiger partial charge is 0.298 e. The lowest BCUT2D eigenvalue weighted by molar-refractivity contribution is -0.385. The normalized spacial score (nSPS) is 16.9. The molecule has 27 heavy (non-hydrogen) atoms. The Balaban J connectivity index is 0.000000244. The Labute approximate surface area is 160 Å². The Kier molecular flexibility index (Phi) is 7.72. The van der Waals surface area contributed by atoms with Crippen LogP contribution in [0.4, 0.5) is 11.5 Å². The largest absolute Gasteiger partial charge is 0.499 e. The first-order valence-electron chi connectivity index (χ1n) is 9.28. The highest BCUT2D eigenvalue weighted by atomic mass is 16.6. The average molecular weight is 376 g/mol. The molecule has 1 aromatic rings. The second kappa shape index (κ2) is 10.0. The lowest BCUT2D eigenvalue weighted by atomic mass is 9.94. The molecule has 0 bridgehead atoms. The molecule has 0 radical (unpaired) electrons. The van der Waals surface area contributed by atoms with Crippen LogP contribution < -0.4 is 4.90 Å². The molecule has 8 heteroatoms. The van der Waals surface area contributed by atoms with Crippen molar-refractivity contribution < 1.29 is 14.5 Å². The highest BCUT2D eigenvalue weighted by molar-refractivity contribution is 5.79. The van der Waals surface area contributed by atoms with Gasteiger partial charge in [-0.3, -0.25) is 14.9 Å². The number of hydrogen-bond donors (Lipinski definition) is 0. The molecule has 8 nitrogen and oxygen atoms in total. The van der Waals surface area contributed by atoms with Crippen molar-refractivity contribution in [2.45, 2.75) is 39.2 Å². The number of pyridine rings is 1. The van der Waals surface area contributed by atoms with Crippen LogP contribution in [0.5, 0.6) is 0 Å². The Bertz CT molecular complexity index is 676. The first-order chi connectivity index (χ1) is 12.9. The quantitative estimate of drug-likeness (QED) is 0.338. The molecule has 1 aromatic heterocycles. The van der Waals surface area contributed by atoms with E-state index in [0.29, 0.717) is 18.2 Å². The third-order valence-corrected chi connectivity index (χ3v) is 4.53. The van der Waals surface area contributed by atoms with Crippen LogP contribution in [-0.4, -0.2) is 60.4 Å². The Morgan fingerprint density at radius 1 is 1.22 bits per heavy atom. The molecule has 3 rings (SSSR count). The summed E-state index contributed by atoms with van der Waals surface area (Å²) in [5.74, 6) is 0.621. The van der Waals surface area contributed by atoms with Gasteiger partial charge < -0.3 is 14.5 Å². The number of nitro groups is 1. The number of aldehydes is 1. The summed E-state index contributed by atoms with van der Waals surface area (Å²) < 4.78 is 5.28. The van der Waals surface area contributed by atoms with Gasteiger partial charge in [-0.25, -0.2) is 4.98 Å². The van der Waals surface area contributed by atoms with Gasteiger partial charge in [0.15, 0.2) is 12.0 Å². The van der Waals surface area contributed by atoms with Crippen molar-refractivity contribution in [1.82, 2.24) is 9.88 Å². The van der Waals surface area contributed by atoms with Crippen molar-refractivity contribution in [2.24, 2.45) is 0 Å². The Morgan fingerprint density at radius 2 is 1.89 bits per heavy atom. The number of hydrogen-bond acceptors (Lipinski definition) is 7. The van der Waals surface area contributed by atoms with E-state index in [-0.39, 0.29) is 11.4 Å². The predicted octanol–water partition coefficient (Wildman–Crippen LogP) is 3.03. The summed E-state index contributed by atoms with van der Waals surface area (Å²) in [6, 6.07) is 2.93. The maximum Gasteiger partial charge on any atom is 0.298 e. The van der Waals surface area contributed by atoms with Crippen molar-refractivity contribution in [3.63, 3.8) is 0 Å². The summed E-state index contributed by atoms with van der Waals surface area (Å²) in [5, 5.41) is 10.7. The third kappa shape index (κ3) is 6.32. The van der Waals surface area contributed by atoms with Crippen LogP contribution in [-0.2, 0) is 4.74 Å². The summed E-state index contributed by atoms with van der Waals surface area (Å²) in [5.41, 5.74) is 1.11. The number of ether oxygens (including phenoxy) is 1. The number of allylic oxidation sites excluding steroid dienone is 1. The minimum atomic E-state index is -0.593. The predicted molar refractivity (Wildman–Crippen MR) is 104 cm³/mol. The van der Waals surface area contributed by atoms with E-state index in [1.165, 1.54) is 30.9 Å². The van der Waals surface area contributed by atoms with Gasteiger partial charge in [0.2, 0.25) is 0 Å². The fourth-order valence-corrected chi connectivity index (χ4v) is 2.64. The fraction of sp³-hybridized carbons (Fsp3) is 0.579. The molecule has 0 unspecified atom stereocenters. The minimum Gasteiger partial charge on any atom is -0.499 e. The summed E-state index contributed by atoms with van der Waals surface area (Å²) >= 11 is 0. The van der Waals surface area contributed by atoms with Gasteiger partial charge in [-0.1, -0.05) is 0 Å². The number of likely N-dealkylation sites (N-methyl/N-ethyl adjacent to an activating group) is 1. The van der Waals surface area contributed by atoms with E-state index in [4.69, 9.17) is 4.74 Å². The molecule has 148 valence electrons. The maximum atomic E-state index is 10.8. The zero-order valence-corrected chi connectivity index (χ0v) is 16.3. The van der Waals surface area contributed by atoms with Crippen LogP contribution in [0, 0.1) is 10.1 Å². The molecule has 0 atom stereocenters. The zero-order chi connectivity index (χ0) is 19.8. The summed E-state index contributed by atoms with van der Waals surface area (Å²) in [6.45, 7) is 7.54. The van der Waals surface area contributed by atoms with Crippen LogP contribution in [0.1, 0.15) is 43.6 Å². The number of aromatic nitrogens is 1. The van der Waals surface area contributed by atoms with E-state index in [2.05, 4.69) is 23.7 Å². The van der Waals surface area contributed by atoms with Crippen molar-refractivity contribution >= 4 is 17.8 Å². The van der Waals surface area contributed by atoms with Gasteiger partial charge in [-0.2, -0.15) is 0 Å². The van der Waals surface area contributed by atoms with Gasteiger partial charge in [0.25, 0.3) is 5.69 Å². The highest BCUT2D eigenvalue weighted by Crippen LogP contribution is 2.25. The van der Waals surface area contributed by atoms with E-state index in [0.717, 1.165) is 26.2 Å². The molecule has 2 heterocycles. The highest BCUT2D eigenvalue weighted by Gasteiger charge is 2.20. The summed E-state index contributed by atoms with van der Waals surface area (Å²) in [7, 11) is 2.04. The molecular formula is C19H28N4O4. The van der Waals surface area contributed by atoms with Crippen molar-refractivity contribution in [1.29, 1.82) is 0 Å². The summed E-state index contributed by atoms with van der Waals surface area (Å²) in [6.07, 6.45) is 6.57. The molecule has 0 spiro atoms.